The fraction of sp³-hybridized carbons (Fsp3) is 0.520. The van der Waals surface area contributed by atoms with Crippen molar-refractivity contribution in [3.63, 3.8) is 0 Å². The number of aromatic nitrogens is 3. The van der Waals surface area contributed by atoms with Gasteiger partial charge >= 0.3 is 18.0 Å². The molecule has 4 rings (SSSR count). The molecule has 1 saturated heterocycles. The van der Waals surface area contributed by atoms with E-state index in [1.165, 1.54) is 5.56 Å². The van der Waals surface area contributed by atoms with Gasteiger partial charge in [-0.05, 0) is 51.2 Å². The molecule has 2 aromatic heterocycles. The Kier molecular flexibility index (Phi) is 8.44. The van der Waals surface area contributed by atoms with E-state index in [0.29, 0.717) is 17.6 Å². The minimum absolute atomic E-state index is 0.186. The number of carbonyl (C=O) groups excluding carboxylic acids is 1. The number of carbonyl (C=O) groups is 3. The molecule has 0 radical (unpaired) electrons. The molecule has 0 spiro atoms. The summed E-state index contributed by atoms with van der Waals surface area (Å²) in [6.07, 6.45) is 2.92. The molecule has 0 bridgehead atoms. The van der Waals surface area contributed by atoms with Gasteiger partial charge in [0.1, 0.15) is 29.3 Å². The van der Waals surface area contributed by atoms with E-state index in [9.17, 15) is 19.5 Å². The van der Waals surface area contributed by atoms with Crippen molar-refractivity contribution in [3.05, 3.63) is 34.8 Å². The Morgan fingerprint density at radius 2 is 1.92 bits per heavy atom. The van der Waals surface area contributed by atoms with Gasteiger partial charge in [-0.1, -0.05) is 6.07 Å². The highest BCUT2D eigenvalue weighted by Crippen LogP contribution is 2.33. The number of aryl methyl sites for hydroxylation is 2. The lowest BCUT2D eigenvalue weighted by molar-refractivity contribution is -0.140. The smallest absolute Gasteiger partial charge is 0.408 e. The van der Waals surface area contributed by atoms with Crippen molar-refractivity contribution in [2.75, 3.05) is 48.3 Å². The van der Waals surface area contributed by atoms with Crippen molar-refractivity contribution in [3.8, 4) is 0 Å². The molecule has 13 nitrogen and oxygen atoms in total. The molecule has 13 heteroatoms. The van der Waals surface area contributed by atoms with Gasteiger partial charge in [0.2, 0.25) is 0 Å². The molecule has 1 amide bonds. The lowest BCUT2D eigenvalue weighted by Gasteiger charge is -2.34. The summed E-state index contributed by atoms with van der Waals surface area (Å²) in [7, 11) is 0. The number of nitrogens with one attached hydrogen (secondary N) is 3. The highest BCUT2D eigenvalue weighted by atomic mass is 16.6. The predicted octanol–water partition coefficient (Wildman–Crippen LogP) is 1.91. The Labute approximate surface area is 220 Å². The first-order chi connectivity index (χ1) is 18.2. The quantitative estimate of drug-likeness (QED) is 0.320. The summed E-state index contributed by atoms with van der Waals surface area (Å²) in [5, 5.41) is 26.6. The van der Waals surface area contributed by atoms with Crippen molar-refractivity contribution in [1.29, 1.82) is 0 Å². The third kappa shape index (κ3) is 6.58. The van der Waals surface area contributed by atoms with E-state index >= 15 is 0 Å². The van der Waals surface area contributed by atoms with E-state index in [1.54, 1.807) is 6.92 Å². The molecule has 0 aliphatic carbocycles. The zero-order valence-corrected chi connectivity index (χ0v) is 21.5. The maximum absolute atomic E-state index is 11.7. The molecular weight excluding hydrogens is 494 g/mol. The molecular formula is C25H33N7O6. The number of carboxylic acid groups (broad SMARTS) is 2. The summed E-state index contributed by atoms with van der Waals surface area (Å²) in [5.41, 5.74) is 3.16. The predicted molar refractivity (Wildman–Crippen MR) is 139 cm³/mol. The molecule has 4 heterocycles. The van der Waals surface area contributed by atoms with Crippen LogP contribution in [0.5, 0.6) is 0 Å². The summed E-state index contributed by atoms with van der Waals surface area (Å²) in [5.74, 6) is 0.496. The Bertz CT molecular complexity index is 1200. The van der Waals surface area contributed by atoms with Crippen LogP contribution >= 0.6 is 0 Å². The van der Waals surface area contributed by atoms with Crippen LogP contribution in [0, 0.1) is 13.8 Å². The van der Waals surface area contributed by atoms with E-state index in [0.717, 1.165) is 68.2 Å². The number of piperidine rings is 1. The lowest BCUT2D eigenvalue weighted by Crippen LogP contribution is -2.46. The second-order valence-electron chi connectivity index (χ2n) is 9.49. The SMILES string of the molecule is Cc1nc(NCC(NC(=O)OCC(=O)O)C(=O)O)c(C)c(N2CCC(c3ccc4c(n3)NCCC4)CC2)n1. The number of ether oxygens (including phenoxy) is 1. The van der Waals surface area contributed by atoms with Gasteiger partial charge in [0.15, 0.2) is 6.61 Å². The zero-order valence-electron chi connectivity index (χ0n) is 21.5. The molecule has 2 aromatic rings. The highest BCUT2D eigenvalue weighted by molar-refractivity contribution is 5.81. The number of fused-ring (bicyclic) bond motifs is 1. The molecule has 1 fully saturated rings. The molecule has 0 saturated carbocycles. The first-order valence-corrected chi connectivity index (χ1v) is 12.7. The fourth-order valence-corrected chi connectivity index (χ4v) is 4.76. The van der Waals surface area contributed by atoms with Crippen molar-refractivity contribution in [1.82, 2.24) is 20.3 Å². The van der Waals surface area contributed by atoms with Crippen molar-refractivity contribution < 1.29 is 29.3 Å². The van der Waals surface area contributed by atoms with Crippen molar-refractivity contribution >= 4 is 35.5 Å². The van der Waals surface area contributed by atoms with Gasteiger partial charge < -0.3 is 35.8 Å². The number of aliphatic carboxylic acids is 2. The van der Waals surface area contributed by atoms with Gasteiger partial charge in [0.25, 0.3) is 0 Å². The van der Waals surface area contributed by atoms with Crippen LogP contribution in [0.25, 0.3) is 0 Å². The second-order valence-corrected chi connectivity index (χ2v) is 9.49. The number of nitrogens with zero attached hydrogens (tertiary/aromatic N) is 4. The van der Waals surface area contributed by atoms with Crippen LogP contribution in [-0.2, 0) is 20.7 Å². The Morgan fingerprint density at radius 3 is 2.63 bits per heavy atom. The van der Waals surface area contributed by atoms with Gasteiger partial charge in [-0.2, -0.15) is 0 Å². The van der Waals surface area contributed by atoms with E-state index < -0.39 is 30.7 Å². The maximum atomic E-state index is 11.7. The number of pyridine rings is 1. The van der Waals surface area contributed by atoms with Crippen LogP contribution in [0.15, 0.2) is 12.1 Å². The van der Waals surface area contributed by atoms with Crippen molar-refractivity contribution in [2.24, 2.45) is 0 Å². The van der Waals surface area contributed by atoms with Crippen LogP contribution in [-0.4, -0.2) is 82.0 Å². The van der Waals surface area contributed by atoms with Crippen LogP contribution in [0.4, 0.5) is 22.2 Å². The van der Waals surface area contributed by atoms with Gasteiger partial charge in [-0.25, -0.2) is 29.3 Å². The third-order valence-electron chi connectivity index (χ3n) is 6.75. The second kappa shape index (κ2) is 11.9. The lowest BCUT2D eigenvalue weighted by atomic mass is 9.92. The third-order valence-corrected chi connectivity index (χ3v) is 6.75. The summed E-state index contributed by atoms with van der Waals surface area (Å²) in [6.45, 7) is 5.13. The standard InChI is InChI=1S/C25H33N7O6/c1-14-21(27-12-19(24(35)36)31-25(37)38-13-20(33)34)28-15(2)29-23(14)32-10-7-16(8-11-32)18-6-5-17-4-3-9-26-22(17)30-18/h5-6,16,19H,3-4,7-13H2,1-2H3,(H,26,30)(H,31,37)(H,33,34)(H,35,36)(H,27,28,29). The topological polar surface area (TPSA) is 179 Å². The number of hydrogen-bond acceptors (Lipinski definition) is 10. The molecule has 2 aliphatic rings. The molecule has 2 aliphatic heterocycles. The average molecular weight is 528 g/mol. The van der Waals surface area contributed by atoms with Crippen LogP contribution in [0.2, 0.25) is 0 Å². The van der Waals surface area contributed by atoms with Gasteiger partial charge in [0.05, 0.1) is 0 Å². The molecule has 1 atom stereocenters. The van der Waals surface area contributed by atoms with Crippen LogP contribution < -0.4 is 20.9 Å². The molecule has 1 unspecified atom stereocenters. The average Bonchev–Trinajstić information content (AvgIpc) is 2.91. The van der Waals surface area contributed by atoms with Gasteiger partial charge in [-0.15, -0.1) is 0 Å². The number of rotatable bonds is 9. The highest BCUT2D eigenvalue weighted by Gasteiger charge is 2.26. The largest absolute Gasteiger partial charge is 0.480 e. The summed E-state index contributed by atoms with van der Waals surface area (Å²) >= 11 is 0. The van der Waals surface area contributed by atoms with E-state index in [2.05, 4.69) is 47.7 Å². The van der Waals surface area contributed by atoms with E-state index in [4.69, 9.17) is 10.1 Å². The Hall–Kier alpha value is -4.16. The van der Waals surface area contributed by atoms with E-state index in [-0.39, 0.29) is 6.54 Å². The summed E-state index contributed by atoms with van der Waals surface area (Å²) in [6, 6.07) is 2.99. The Morgan fingerprint density at radius 1 is 1.16 bits per heavy atom. The molecule has 38 heavy (non-hydrogen) atoms. The van der Waals surface area contributed by atoms with Gasteiger partial charge in [0, 0.05) is 43.4 Å². The minimum Gasteiger partial charge on any atom is -0.480 e. The van der Waals surface area contributed by atoms with Crippen molar-refractivity contribution in [2.45, 2.75) is 51.5 Å². The van der Waals surface area contributed by atoms with Gasteiger partial charge in [-0.3, -0.25) is 0 Å². The fourth-order valence-electron chi connectivity index (χ4n) is 4.76. The summed E-state index contributed by atoms with van der Waals surface area (Å²) in [4.78, 5) is 50.1. The number of anilines is 3. The Balaban J connectivity index is 1.39. The number of amides is 1. The zero-order chi connectivity index (χ0) is 27.2. The first-order valence-electron chi connectivity index (χ1n) is 12.7. The minimum atomic E-state index is -1.36. The van der Waals surface area contributed by atoms with Crippen LogP contribution in [0.1, 0.15) is 47.8 Å². The number of carboxylic acids is 2. The molecule has 0 aromatic carbocycles. The molecule has 204 valence electrons. The maximum Gasteiger partial charge on any atom is 0.408 e. The molecule has 5 N–H and O–H groups in total. The van der Waals surface area contributed by atoms with E-state index in [1.807, 2.05) is 6.92 Å². The monoisotopic (exact) mass is 527 g/mol. The first kappa shape index (κ1) is 26.9. The van der Waals surface area contributed by atoms with Crippen LogP contribution in [0.3, 0.4) is 0 Å². The summed E-state index contributed by atoms with van der Waals surface area (Å²) < 4.78 is 4.46. The number of hydrogen-bond donors (Lipinski definition) is 5. The normalized spacial score (nSPS) is 16.1. The number of alkyl carbamates (subject to hydrolysis) is 1.